The molecular weight excluding hydrogens is 360 g/mol. The number of nitrogens with one attached hydrogen (secondary N) is 1. The van der Waals surface area contributed by atoms with Gasteiger partial charge in [-0.25, -0.2) is 4.79 Å². The molecule has 7 nitrogen and oxygen atoms in total. The number of hydrogen-bond acceptors (Lipinski definition) is 5. The summed E-state index contributed by atoms with van der Waals surface area (Å²) in [7, 11) is 0. The zero-order chi connectivity index (χ0) is 19.9. The Morgan fingerprint density at radius 1 is 1.04 bits per heavy atom. The average molecular weight is 382 g/mol. The number of aliphatic hydroxyl groups excluding tert-OH is 1. The highest BCUT2D eigenvalue weighted by Crippen LogP contribution is 2.18. The van der Waals surface area contributed by atoms with Crippen molar-refractivity contribution >= 4 is 17.8 Å². The second-order valence-corrected chi connectivity index (χ2v) is 6.52. The fourth-order valence-corrected chi connectivity index (χ4v) is 3.04. The van der Waals surface area contributed by atoms with Gasteiger partial charge in [-0.05, 0) is 29.7 Å². The number of carbonyl (C=O) groups excluding carboxylic acids is 3. The lowest BCUT2D eigenvalue weighted by Crippen LogP contribution is -2.46. The molecule has 1 aliphatic rings. The van der Waals surface area contributed by atoms with Gasteiger partial charge < -0.3 is 20.1 Å². The topological polar surface area (TPSA) is 95.9 Å². The van der Waals surface area contributed by atoms with Crippen molar-refractivity contribution in [1.29, 1.82) is 0 Å². The summed E-state index contributed by atoms with van der Waals surface area (Å²) in [5, 5.41) is 11.8. The van der Waals surface area contributed by atoms with E-state index < -0.39 is 31.1 Å². The zero-order valence-electron chi connectivity index (χ0n) is 15.3. The maximum Gasteiger partial charge on any atom is 0.331 e. The third kappa shape index (κ3) is 4.75. The van der Waals surface area contributed by atoms with Gasteiger partial charge in [-0.3, -0.25) is 9.59 Å². The van der Waals surface area contributed by atoms with Crippen molar-refractivity contribution < 1.29 is 24.2 Å². The second kappa shape index (κ2) is 9.14. The van der Waals surface area contributed by atoms with Gasteiger partial charge in [0.1, 0.15) is 0 Å². The molecule has 0 saturated carbocycles. The van der Waals surface area contributed by atoms with Gasteiger partial charge in [0.05, 0.1) is 6.61 Å². The summed E-state index contributed by atoms with van der Waals surface area (Å²) in [5.74, 6) is -1.66. The number of carbonyl (C=O) groups is 3. The van der Waals surface area contributed by atoms with E-state index in [9.17, 15) is 19.5 Å². The number of benzene rings is 2. The van der Waals surface area contributed by atoms with E-state index in [2.05, 4.69) is 5.32 Å². The fourth-order valence-electron chi connectivity index (χ4n) is 3.04. The summed E-state index contributed by atoms with van der Waals surface area (Å²) >= 11 is 0. The Labute approximate surface area is 162 Å². The van der Waals surface area contributed by atoms with Crippen molar-refractivity contribution in [2.45, 2.75) is 19.0 Å². The minimum absolute atomic E-state index is 0.311. The molecule has 2 aromatic rings. The number of ether oxygens (including phenoxy) is 1. The molecule has 28 heavy (non-hydrogen) atoms. The average Bonchev–Trinajstić information content (AvgIpc) is 2.75. The number of esters is 1. The molecule has 0 aromatic heterocycles. The van der Waals surface area contributed by atoms with Crippen LogP contribution in [0.5, 0.6) is 0 Å². The molecule has 0 radical (unpaired) electrons. The zero-order valence-corrected chi connectivity index (χ0v) is 15.3. The van der Waals surface area contributed by atoms with Crippen molar-refractivity contribution in [1.82, 2.24) is 10.2 Å². The predicted molar refractivity (Wildman–Crippen MR) is 101 cm³/mol. The molecule has 3 rings (SSSR count). The van der Waals surface area contributed by atoms with Gasteiger partial charge in [-0.2, -0.15) is 0 Å². The number of fused-ring (bicyclic) bond motifs is 1. The van der Waals surface area contributed by atoms with Gasteiger partial charge in [0.25, 0.3) is 11.8 Å². The minimum atomic E-state index is -1.23. The SMILES string of the molecule is O=C(NC(CO)C(=O)OCC(=O)N1CCc2ccccc2C1)c1ccccc1. The standard InChI is InChI=1S/C21H22N2O5/c24-13-18(22-20(26)16-7-2-1-3-8-16)21(27)28-14-19(25)23-11-10-15-6-4-5-9-17(15)12-23/h1-9,18,24H,10-14H2,(H,22,26). The molecule has 0 bridgehead atoms. The molecule has 2 amide bonds. The molecule has 0 aliphatic carbocycles. The summed E-state index contributed by atoms with van der Waals surface area (Å²) in [5.41, 5.74) is 2.65. The van der Waals surface area contributed by atoms with Crippen molar-refractivity contribution in [3.63, 3.8) is 0 Å². The second-order valence-electron chi connectivity index (χ2n) is 6.52. The molecule has 0 spiro atoms. The van der Waals surface area contributed by atoms with Crippen LogP contribution in [0.15, 0.2) is 54.6 Å². The first kappa shape index (κ1) is 19.6. The minimum Gasteiger partial charge on any atom is -0.454 e. The molecule has 1 aliphatic heterocycles. The Morgan fingerprint density at radius 2 is 1.71 bits per heavy atom. The Hall–Kier alpha value is -3.19. The van der Waals surface area contributed by atoms with E-state index >= 15 is 0 Å². The van der Waals surface area contributed by atoms with Gasteiger partial charge in [-0.15, -0.1) is 0 Å². The first-order chi connectivity index (χ1) is 13.6. The maximum atomic E-state index is 12.4. The Bertz CT molecular complexity index is 853. The smallest absolute Gasteiger partial charge is 0.331 e. The molecule has 7 heteroatoms. The number of hydrogen-bond donors (Lipinski definition) is 2. The van der Waals surface area contributed by atoms with E-state index in [0.29, 0.717) is 18.7 Å². The van der Waals surface area contributed by atoms with Crippen molar-refractivity contribution in [2.75, 3.05) is 19.8 Å². The molecule has 0 saturated heterocycles. The van der Waals surface area contributed by atoms with Gasteiger partial charge in [0, 0.05) is 18.7 Å². The molecule has 2 aromatic carbocycles. The van der Waals surface area contributed by atoms with Crippen LogP contribution in [0, 0.1) is 0 Å². The molecule has 1 unspecified atom stereocenters. The van der Waals surface area contributed by atoms with Crippen LogP contribution in [-0.2, 0) is 27.3 Å². The van der Waals surface area contributed by atoms with Crippen LogP contribution in [0.25, 0.3) is 0 Å². The van der Waals surface area contributed by atoms with E-state index in [0.717, 1.165) is 12.0 Å². The summed E-state index contributed by atoms with van der Waals surface area (Å²) in [6.45, 7) is -0.0241. The largest absolute Gasteiger partial charge is 0.454 e. The summed E-state index contributed by atoms with van der Waals surface area (Å²) in [4.78, 5) is 38.3. The number of aliphatic hydroxyl groups is 1. The van der Waals surface area contributed by atoms with E-state index in [-0.39, 0.29) is 5.91 Å². The van der Waals surface area contributed by atoms with Crippen LogP contribution in [0.1, 0.15) is 21.5 Å². The highest BCUT2D eigenvalue weighted by Gasteiger charge is 2.25. The third-order valence-corrected chi connectivity index (χ3v) is 4.63. The first-order valence-corrected chi connectivity index (χ1v) is 9.06. The van der Waals surface area contributed by atoms with E-state index in [1.165, 1.54) is 5.56 Å². The van der Waals surface area contributed by atoms with Crippen LogP contribution < -0.4 is 5.32 Å². The van der Waals surface area contributed by atoms with Crippen LogP contribution in [-0.4, -0.2) is 53.6 Å². The molecular formula is C21H22N2O5. The highest BCUT2D eigenvalue weighted by atomic mass is 16.5. The van der Waals surface area contributed by atoms with Crippen molar-refractivity contribution in [3.05, 3.63) is 71.3 Å². The highest BCUT2D eigenvalue weighted by molar-refractivity contribution is 5.97. The molecule has 0 fully saturated rings. The number of amides is 2. The lowest BCUT2D eigenvalue weighted by Gasteiger charge is -2.28. The quantitative estimate of drug-likeness (QED) is 0.724. The van der Waals surface area contributed by atoms with Gasteiger partial charge >= 0.3 is 5.97 Å². The van der Waals surface area contributed by atoms with E-state index in [1.807, 2.05) is 24.3 Å². The lowest BCUT2D eigenvalue weighted by atomic mass is 10.00. The van der Waals surface area contributed by atoms with Crippen LogP contribution in [0.3, 0.4) is 0 Å². The van der Waals surface area contributed by atoms with Gasteiger partial charge in [-0.1, -0.05) is 42.5 Å². The predicted octanol–water partition coefficient (Wildman–Crippen LogP) is 0.905. The lowest BCUT2D eigenvalue weighted by molar-refractivity contribution is -0.154. The maximum absolute atomic E-state index is 12.4. The van der Waals surface area contributed by atoms with E-state index in [1.54, 1.807) is 35.2 Å². The summed E-state index contributed by atoms with van der Waals surface area (Å²) in [6, 6.07) is 15.0. The van der Waals surface area contributed by atoms with Gasteiger partial charge in [0.2, 0.25) is 0 Å². The molecule has 1 atom stereocenters. The number of rotatable bonds is 6. The first-order valence-electron chi connectivity index (χ1n) is 9.06. The Balaban J connectivity index is 1.51. The van der Waals surface area contributed by atoms with Crippen molar-refractivity contribution in [3.8, 4) is 0 Å². The van der Waals surface area contributed by atoms with Crippen LogP contribution in [0.2, 0.25) is 0 Å². The van der Waals surface area contributed by atoms with Crippen LogP contribution >= 0.6 is 0 Å². The summed E-state index contributed by atoms with van der Waals surface area (Å²) in [6.07, 6.45) is 0.752. The number of nitrogens with zero attached hydrogens (tertiary/aromatic N) is 1. The summed E-state index contributed by atoms with van der Waals surface area (Å²) < 4.78 is 5.03. The molecule has 1 heterocycles. The molecule has 146 valence electrons. The molecule has 2 N–H and O–H groups in total. The van der Waals surface area contributed by atoms with Crippen LogP contribution in [0.4, 0.5) is 0 Å². The van der Waals surface area contributed by atoms with Gasteiger partial charge in [0.15, 0.2) is 12.6 Å². The van der Waals surface area contributed by atoms with Crippen molar-refractivity contribution in [2.24, 2.45) is 0 Å². The Morgan fingerprint density at radius 3 is 2.43 bits per heavy atom. The Kier molecular flexibility index (Phi) is 6.39. The normalized spacial score (nSPS) is 14.0. The monoisotopic (exact) mass is 382 g/mol. The van der Waals surface area contributed by atoms with E-state index in [4.69, 9.17) is 4.74 Å². The fraction of sp³-hybridized carbons (Fsp3) is 0.286. The third-order valence-electron chi connectivity index (χ3n) is 4.63.